The molecule has 0 bridgehead atoms. The average Bonchev–Trinajstić information content (AvgIpc) is 3.04. The lowest BCUT2D eigenvalue weighted by atomic mass is 10.1. The summed E-state index contributed by atoms with van der Waals surface area (Å²) in [6, 6.07) is 8.37. The third-order valence-electron chi connectivity index (χ3n) is 4.38. The predicted octanol–water partition coefficient (Wildman–Crippen LogP) is 2.43. The fraction of sp³-hybridized carbons (Fsp3) is 0.353. The van der Waals surface area contributed by atoms with E-state index in [1.165, 1.54) is 10.8 Å². The van der Waals surface area contributed by atoms with E-state index in [1.807, 2.05) is 22.6 Å². The Morgan fingerprint density at radius 1 is 1.46 bits per heavy atom. The van der Waals surface area contributed by atoms with Crippen LogP contribution < -0.4 is 11.2 Å². The Bertz CT molecular complexity index is 1050. The van der Waals surface area contributed by atoms with Gasteiger partial charge in [-0.25, -0.2) is 9.59 Å². The highest BCUT2D eigenvalue weighted by atomic mass is 127. The number of benzene rings is 1. The number of aryl methyl sites for hydroxylation is 1. The summed E-state index contributed by atoms with van der Waals surface area (Å²) in [7, 11) is 0. The smallest absolute Gasteiger partial charge is 0.338 e. The molecule has 10 nitrogen and oxygen atoms in total. The number of halogens is 1. The lowest BCUT2D eigenvalue weighted by Crippen LogP contribution is -2.41. The van der Waals surface area contributed by atoms with Gasteiger partial charge in [0.05, 0.1) is 5.56 Å². The molecule has 1 fully saturated rings. The van der Waals surface area contributed by atoms with Gasteiger partial charge in [0.25, 0.3) is 5.56 Å². The largest absolute Gasteiger partial charge is 0.455 e. The number of H-pyrrole nitrogens is 1. The number of aromatic nitrogens is 2. The van der Waals surface area contributed by atoms with Gasteiger partial charge in [0.15, 0.2) is 5.72 Å². The minimum atomic E-state index is -1.48. The van der Waals surface area contributed by atoms with E-state index >= 15 is 0 Å². The zero-order chi connectivity index (χ0) is 20.3. The van der Waals surface area contributed by atoms with Gasteiger partial charge in [0, 0.05) is 27.5 Å². The van der Waals surface area contributed by atoms with Crippen molar-refractivity contribution in [2.24, 2.45) is 5.11 Å². The van der Waals surface area contributed by atoms with Gasteiger partial charge in [-0.05, 0) is 24.6 Å². The summed E-state index contributed by atoms with van der Waals surface area (Å²) in [4.78, 5) is 41.3. The first kappa shape index (κ1) is 20.1. The van der Waals surface area contributed by atoms with E-state index in [0.29, 0.717) is 11.1 Å². The summed E-state index contributed by atoms with van der Waals surface area (Å²) in [6.45, 7) is 1.55. The van der Waals surface area contributed by atoms with Crippen LogP contribution in [-0.2, 0) is 9.47 Å². The molecule has 2 aromatic rings. The van der Waals surface area contributed by atoms with Crippen molar-refractivity contribution in [2.45, 2.75) is 31.4 Å². The SMILES string of the molecule is Cc1cn([C@H]2C[C@H](OC(=O)c3ccccc3)[C@](CI)(N=[N+]=[N-])O2)c(=O)[nH]c1=O. The minimum Gasteiger partial charge on any atom is -0.455 e. The summed E-state index contributed by atoms with van der Waals surface area (Å²) in [6.07, 6.45) is -0.359. The molecule has 1 aromatic carbocycles. The molecule has 0 unspecified atom stereocenters. The van der Waals surface area contributed by atoms with Crippen molar-refractivity contribution in [1.29, 1.82) is 0 Å². The van der Waals surface area contributed by atoms with Crippen LogP contribution in [0.2, 0.25) is 0 Å². The molecule has 0 spiro atoms. The number of hydrogen-bond donors (Lipinski definition) is 1. The maximum Gasteiger partial charge on any atom is 0.338 e. The van der Waals surface area contributed by atoms with Crippen LogP contribution in [0.4, 0.5) is 0 Å². The summed E-state index contributed by atoms with van der Waals surface area (Å²) < 4.78 is 12.9. The molecule has 3 atom stereocenters. The number of hydrogen-bond acceptors (Lipinski definition) is 6. The molecule has 0 radical (unpaired) electrons. The van der Waals surface area contributed by atoms with Crippen LogP contribution in [0, 0.1) is 6.92 Å². The van der Waals surface area contributed by atoms with E-state index in [-0.39, 0.29) is 10.8 Å². The second-order valence-corrected chi connectivity index (χ2v) is 6.98. The van der Waals surface area contributed by atoms with Gasteiger partial charge in [-0.2, -0.15) is 0 Å². The first-order valence-corrected chi connectivity index (χ1v) is 9.81. The quantitative estimate of drug-likeness (QED) is 0.169. The Labute approximate surface area is 172 Å². The topological polar surface area (TPSA) is 139 Å². The van der Waals surface area contributed by atoms with Crippen molar-refractivity contribution in [1.82, 2.24) is 9.55 Å². The van der Waals surface area contributed by atoms with Crippen molar-refractivity contribution in [3.63, 3.8) is 0 Å². The number of nitrogens with one attached hydrogen (secondary N) is 1. The van der Waals surface area contributed by atoms with E-state index in [0.717, 1.165) is 0 Å². The molecule has 3 rings (SSSR count). The van der Waals surface area contributed by atoms with Crippen LogP contribution >= 0.6 is 22.6 Å². The van der Waals surface area contributed by atoms with Gasteiger partial charge in [-0.1, -0.05) is 45.9 Å². The zero-order valence-corrected chi connectivity index (χ0v) is 16.9. The Morgan fingerprint density at radius 2 is 2.18 bits per heavy atom. The number of alkyl halides is 1. The number of rotatable bonds is 5. The highest BCUT2D eigenvalue weighted by Gasteiger charge is 2.51. The molecule has 1 aliphatic rings. The van der Waals surface area contributed by atoms with Crippen LogP contribution in [0.15, 0.2) is 51.2 Å². The second kappa shape index (κ2) is 8.17. The van der Waals surface area contributed by atoms with E-state index in [9.17, 15) is 14.4 Å². The van der Waals surface area contributed by atoms with E-state index in [1.54, 1.807) is 37.3 Å². The number of aromatic amines is 1. The predicted molar refractivity (Wildman–Crippen MR) is 107 cm³/mol. The summed E-state index contributed by atoms with van der Waals surface area (Å²) in [5.74, 6) is -0.595. The molecule has 11 heteroatoms. The normalized spacial score (nSPS) is 23.8. The standard InChI is InChI=1S/C17H16IN5O5/c1-10-8-23(16(26)20-14(10)24)13-7-12(17(9-18,28-13)21-22-19)27-15(25)11-5-3-2-4-6-11/h2-6,8,12-13H,7,9H2,1H3,(H,20,24,26)/t12-,13+,17+/m0/s1. The molecule has 2 heterocycles. The second-order valence-electron chi connectivity index (χ2n) is 6.21. The number of nitrogens with zero attached hydrogens (tertiary/aromatic N) is 4. The highest BCUT2D eigenvalue weighted by molar-refractivity contribution is 14.1. The molecule has 28 heavy (non-hydrogen) atoms. The molecule has 1 aromatic heterocycles. The Kier molecular flexibility index (Phi) is 5.87. The first-order valence-electron chi connectivity index (χ1n) is 8.28. The Balaban J connectivity index is 1.95. The van der Waals surface area contributed by atoms with Gasteiger partial charge in [-0.15, -0.1) is 0 Å². The zero-order valence-electron chi connectivity index (χ0n) is 14.7. The third kappa shape index (κ3) is 3.81. The Morgan fingerprint density at radius 3 is 2.82 bits per heavy atom. The monoisotopic (exact) mass is 497 g/mol. The molecule has 0 amide bonds. The molecular weight excluding hydrogens is 481 g/mol. The lowest BCUT2D eigenvalue weighted by Gasteiger charge is -2.27. The molecule has 0 aliphatic carbocycles. The first-order chi connectivity index (χ1) is 13.4. The van der Waals surface area contributed by atoms with Crippen molar-refractivity contribution in [2.75, 3.05) is 4.43 Å². The van der Waals surface area contributed by atoms with Gasteiger partial charge in [0.1, 0.15) is 12.3 Å². The maximum atomic E-state index is 12.5. The number of esters is 1. The minimum absolute atomic E-state index is 0.0754. The van der Waals surface area contributed by atoms with Crippen LogP contribution in [0.5, 0.6) is 0 Å². The molecule has 1 aliphatic heterocycles. The van der Waals surface area contributed by atoms with E-state index < -0.39 is 35.3 Å². The number of ether oxygens (including phenoxy) is 2. The highest BCUT2D eigenvalue weighted by Crippen LogP contribution is 2.41. The summed E-state index contributed by atoms with van der Waals surface area (Å²) >= 11 is 1.97. The molecular formula is C17H16IN5O5. The summed E-state index contributed by atoms with van der Waals surface area (Å²) in [5, 5.41) is 3.73. The average molecular weight is 497 g/mol. The molecule has 0 saturated carbocycles. The van der Waals surface area contributed by atoms with Crippen LogP contribution in [0.3, 0.4) is 0 Å². The third-order valence-corrected chi connectivity index (χ3v) is 5.47. The van der Waals surface area contributed by atoms with Crippen LogP contribution in [-0.4, -0.2) is 31.8 Å². The molecule has 1 saturated heterocycles. The van der Waals surface area contributed by atoms with Crippen molar-refractivity contribution < 1.29 is 14.3 Å². The van der Waals surface area contributed by atoms with Gasteiger partial charge >= 0.3 is 11.7 Å². The van der Waals surface area contributed by atoms with Crippen molar-refractivity contribution in [3.05, 3.63) is 78.9 Å². The number of carbonyl (C=O) groups excluding carboxylic acids is 1. The van der Waals surface area contributed by atoms with Crippen LogP contribution in [0.1, 0.15) is 28.6 Å². The number of carbonyl (C=O) groups is 1. The fourth-order valence-corrected chi connectivity index (χ4v) is 3.74. The van der Waals surface area contributed by atoms with Gasteiger partial charge in [-0.3, -0.25) is 14.3 Å². The summed E-state index contributed by atoms with van der Waals surface area (Å²) in [5.41, 5.74) is 7.01. The van der Waals surface area contributed by atoms with Crippen molar-refractivity contribution >= 4 is 28.6 Å². The molecule has 1 N–H and O–H groups in total. The molecule has 146 valence electrons. The fourth-order valence-electron chi connectivity index (χ4n) is 2.92. The van der Waals surface area contributed by atoms with Crippen LogP contribution in [0.25, 0.3) is 10.4 Å². The number of azide groups is 1. The van der Waals surface area contributed by atoms with E-state index in [4.69, 9.17) is 15.0 Å². The van der Waals surface area contributed by atoms with Gasteiger partial charge in [0.2, 0.25) is 0 Å². The van der Waals surface area contributed by atoms with Crippen molar-refractivity contribution in [3.8, 4) is 0 Å². The lowest BCUT2D eigenvalue weighted by molar-refractivity contribution is -0.0865. The Hall–Kier alpha value is -2.63. The van der Waals surface area contributed by atoms with E-state index in [2.05, 4.69) is 15.0 Å². The maximum absolute atomic E-state index is 12.5. The van der Waals surface area contributed by atoms with Gasteiger partial charge < -0.3 is 9.47 Å².